The molecule has 3 rings (SSSR count). The molecule has 148 valence electrons. The monoisotopic (exact) mass is 417 g/mol. The fourth-order valence-electron chi connectivity index (χ4n) is 3.06. The highest BCUT2D eigenvalue weighted by Crippen LogP contribution is 2.32. The van der Waals surface area contributed by atoms with Crippen LogP contribution in [0, 0.1) is 0 Å². The van der Waals surface area contributed by atoms with E-state index in [4.69, 9.17) is 10.8 Å². The fraction of sp³-hybridized carbons (Fsp3) is 0.300. The Labute approximate surface area is 170 Å². The molecule has 1 aliphatic heterocycles. The summed E-state index contributed by atoms with van der Waals surface area (Å²) in [5, 5.41) is 6.36. The van der Waals surface area contributed by atoms with E-state index in [0.29, 0.717) is 12.2 Å². The summed E-state index contributed by atoms with van der Waals surface area (Å²) < 4.78 is 21.8. The van der Waals surface area contributed by atoms with Crippen molar-refractivity contribution in [3.63, 3.8) is 0 Å². The van der Waals surface area contributed by atoms with Gasteiger partial charge in [-0.05, 0) is 35.2 Å². The molecule has 2 unspecified atom stereocenters. The number of anilines is 1. The average molecular weight is 418 g/mol. The number of carbonyl (C=O) groups is 1. The highest BCUT2D eigenvalue weighted by molar-refractivity contribution is 8.01. The lowest BCUT2D eigenvalue weighted by atomic mass is 10.0. The molecule has 0 spiro atoms. The van der Waals surface area contributed by atoms with Crippen molar-refractivity contribution < 1.29 is 13.2 Å². The van der Waals surface area contributed by atoms with Crippen molar-refractivity contribution in [3.8, 4) is 0 Å². The Hall–Kier alpha value is -2.32. The van der Waals surface area contributed by atoms with Gasteiger partial charge in [-0.2, -0.15) is 5.10 Å². The van der Waals surface area contributed by atoms with Gasteiger partial charge in [-0.3, -0.25) is 5.01 Å². The number of thiol groups is 1. The number of benzene rings is 2. The zero-order valence-corrected chi connectivity index (χ0v) is 17.2. The molecule has 1 heterocycles. The molecule has 8 heteroatoms. The van der Waals surface area contributed by atoms with Crippen molar-refractivity contribution in [2.45, 2.75) is 36.3 Å². The number of nitrogens with two attached hydrogens (primary N) is 1. The lowest BCUT2D eigenvalue weighted by Crippen LogP contribution is -2.39. The second-order valence-electron chi connectivity index (χ2n) is 6.57. The van der Waals surface area contributed by atoms with Gasteiger partial charge in [0.1, 0.15) is 16.1 Å². The van der Waals surface area contributed by atoms with Gasteiger partial charge in [0.05, 0.1) is 23.3 Å². The standard InChI is InChI=1S/C20H23N3O3S2/c1-2-18-20(16-7-3-15(4-8-16)13-28(25)26)22-23(19(12-24)27-18)11-14-5-9-17(21)10-6-14/h3-10,12,18-19,28H,2,11,13,21H2,1H3. The zero-order chi connectivity index (χ0) is 20.1. The van der Waals surface area contributed by atoms with Gasteiger partial charge in [-0.25, -0.2) is 8.42 Å². The normalized spacial score (nSPS) is 19.5. The lowest BCUT2D eigenvalue weighted by Gasteiger charge is -2.34. The molecule has 1 aliphatic rings. The van der Waals surface area contributed by atoms with Crippen LogP contribution in [0.2, 0.25) is 0 Å². The van der Waals surface area contributed by atoms with Gasteiger partial charge in [-0.1, -0.05) is 43.3 Å². The summed E-state index contributed by atoms with van der Waals surface area (Å²) in [6.07, 6.45) is 1.77. The number of carbonyl (C=O) groups excluding carboxylic acids is 1. The minimum Gasteiger partial charge on any atom is -0.399 e. The summed E-state index contributed by atoms with van der Waals surface area (Å²) in [5.74, 6) is 0.0323. The number of hydrazone groups is 1. The summed E-state index contributed by atoms with van der Waals surface area (Å²) >= 11 is 1.59. The molecule has 28 heavy (non-hydrogen) atoms. The molecule has 0 aliphatic carbocycles. The minimum atomic E-state index is -2.45. The summed E-state index contributed by atoms with van der Waals surface area (Å²) in [5.41, 5.74) is 10.1. The van der Waals surface area contributed by atoms with Crippen LogP contribution in [0.5, 0.6) is 0 Å². The van der Waals surface area contributed by atoms with Crippen molar-refractivity contribution >= 4 is 40.2 Å². The van der Waals surface area contributed by atoms with Crippen LogP contribution in [-0.4, -0.2) is 36.0 Å². The van der Waals surface area contributed by atoms with Crippen LogP contribution in [0.25, 0.3) is 0 Å². The fourth-order valence-corrected chi connectivity index (χ4v) is 4.74. The highest BCUT2D eigenvalue weighted by Gasteiger charge is 2.31. The lowest BCUT2D eigenvalue weighted by molar-refractivity contribution is -0.110. The van der Waals surface area contributed by atoms with E-state index in [9.17, 15) is 13.2 Å². The average Bonchev–Trinajstić information content (AvgIpc) is 2.69. The van der Waals surface area contributed by atoms with Crippen LogP contribution in [0.15, 0.2) is 53.6 Å². The summed E-state index contributed by atoms with van der Waals surface area (Å²) in [7, 11) is -2.45. The Morgan fingerprint density at radius 3 is 2.32 bits per heavy atom. The van der Waals surface area contributed by atoms with E-state index in [0.717, 1.165) is 35.1 Å². The Bertz CT molecular complexity index is 917. The molecule has 0 amide bonds. The number of rotatable bonds is 7. The Morgan fingerprint density at radius 1 is 1.11 bits per heavy atom. The van der Waals surface area contributed by atoms with Gasteiger partial charge in [0.25, 0.3) is 0 Å². The predicted molar refractivity (Wildman–Crippen MR) is 115 cm³/mol. The molecule has 0 radical (unpaired) electrons. The summed E-state index contributed by atoms with van der Waals surface area (Å²) in [4.78, 5) is 11.7. The highest BCUT2D eigenvalue weighted by atomic mass is 32.2. The Morgan fingerprint density at radius 2 is 1.75 bits per heavy atom. The second kappa shape index (κ2) is 9.25. The van der Waals surface area contributed by atoms with Gasteiger partial charge in [0, 0.05) is 5.69 Å². The quantitative estimate of drug-likeness (QED) is 0.409. The maximum absolute atomic E-state index is 11.7. The Kier molecular flexibility index (Phi) is 6.74. The smallest absolute Gasteiger partial charge is 0.154 e. The number of nitrogens with zero attached hydrogens (tertiary/aromatic N) is 2. The maximum atomic E-state index is 11.7. The van der Waals surface area contributed by atoms with Crippen molar-refractivity contribution in [1.29, 1.82) is 0 Å². The van der Waals surface area contributed by atoms with E-state index in [1.54, 1.807) is 16.8 Å². The van der Waals surface area contributed by atoms with E-state index in [1.807, 2.05) is 48.5 Å². The third-order valence-electron chi connectivity index (χ3n) is 4.51. The number of nitrogen functional groups attached to an aromatic ring is 1. The van der Waals surface area contributed by atoms with Crippen LogP contribution < -0.4 is 5.73 Å². The first-order valence-electron chi connectivity index (χ1n) is 9.01. The van der Waals surface area contributed by atoms with Crippen molar-refractivity contribution in [2.24, 2.45) is 5.10 Å². The molecule has 0 bridgehead atoms. The topological polar surface area (TPSA) is 92.8 Å². The van der Waals surface area contributed by atoms with E-state index in [-0.39, 0.29) is 16.4 Å². The van der Waals surface area contributed by atoms with Gasteiger partial charge in [0.15, 0.2) is 6.29 Å². The molecule has 2 aromatic rings. The minimum absolute atomic E-state index is 0.0323. The molecule has 2 atom stereocenters. The molecule has 0 fully saturated rings. The van der Waals surface area contributed by atoms with E-state index < -0.39 is 10.7 Å². The second-order valence-corrected chi connectivity index (χ2v) is 8.88. The van der Waals surface area contributed by atoms with Crippen LogP contribution in [0.1, 0.15) is 30.0 Å². The number of aldehydes is 1. The number of hydrogen-bond acceptors (Lipinski definition) is 7. The molecule has 2 N–H and O–H groups in total. The van der Waals surface area contributed by atoms with E-state index in [2.05, 4.69) is 6.92 Å². The molecular formula is C20H23N3O3S2. The van der Waals surface area contributed by atoms with Crippen LogP contribution in [0.4, 0.5) is 5.69 Å². The summed E-state index contributed by atoms with van der Waals surface area (Å²) in [6, 6.07) is 15.0. The van der Waals surface area contributed by atoms with Crippen molar-refractivity contribution in [2.75, 3.05) is 5.73 Å². The third kappa shape index (κ3) is 4.94. The molecular weight excluding hydrogens is 394 g/mol. The molecule has 0 aromatic heterocycles. The zero-order valence-electron chi connectivity index (χ0n) is 15.5. The van der Waals surface area contributed by atoms with Gasteiger partial charge in [-0.15, -0.1) is 11.8 Å². The molecule has 0 saturated carbocycles. The summed E-state index contributed by atoms with van der Waals surface area (Å²) in [6.45, 7) is 2.58. The molecule has 0 saturated heterocycles. The third-order valence-corrected chi connectivity index (χ3v) is 6.65. The SMILES string of the molecule is CCC1SC(C=O)N(Cc2ccc(N)cc2)N=C1c1ccc(C[SH](=O)=O)cc1. The first-order valence-corrected chi connectivity index (χ1v) is 11.3. The largest absolute Gasteiger partial charge is 0.399 e. The number of thioether (sulfide) groups is 1. The van der Waals surface area contributed by atoms with Gasteiger partial charge in [0.2, 0.25) is 0 Å². The van der Waals surface area contributed by atoms with Crippen molar-refractivity contribution in [1.82, 2.24) is 5.01 Å². The maximum Gasteiger partial charge on any atom is 0.154 e. The number of hydrogen-bond donors (Lipinski definition) is 2. The molecule has 2 aromatic carbocycles. The predicted octanol–water partition coefficient (Wildman–Crippen LogP) is 2.64. The Balaban J connectivity index is 1.90. The van der Waals surface area contributed by atoms with Crippen LogP contribution in [-0.2, 0) is 27.8 Å². The van der Waals surface area contributed by atoms with E-state index in [1.165, 1.54) is 0 Å². The van der Waals surface area contributed by atoms with Gasteiger partial charge >= 0.3 is 0 Å². The van der Waals surface area contributed by atoms with E-state index >= 15 is 0 Å². The van der Waals surface area contributed by atoms with Crippen LogP contribution >= 0.6 is 11.8 Å². The van der Waals surface area contributed by atoms with Crippen molar-refractivity contribution in [3.05, 3.63) is 65.2 Å². The first kappa shape index (κ1) is 20.4. The van der Waals surface area contributed by atoms with Crippen LogP contribution in [0.3, 0.4) is 0 Å². The van der Waals surface area contributed by atoms with Gasteiger partial charge < -0.3 is 10.5 Å². The first-order chi connectivity index (χ1) is 13.5. The molecule has 6 nitrogen and oxygen atoms in total.